The van der Waals surface area contributed by atoms with Gasteiger partial charge in [-0.3, -0.25) is 4.98 Å². The molecule has 0 atom stereocenters. The average molecular weight is 367 g/mol. The summed E-state index contributed by atoms with van der Waals surface area (Å²) in [6.07, 6.45) is 1.73. The quantitative estimate of drug-likeness (QED) is 0.547. The van der Waals surface area contributed by atoms with Crippen molar-refractivity contribution in [2.45, 2.75) is 20.4 Å². The molecule has 0 saturated carbocycles. The van der Waals surface area contributed by atoms with E-state index in [4.69, 9.17) is 4.98 Å². The van der Waals surface area contributed by atoms with Gasteiger partial charge in [-0.15, -0.1) is 10.2 Å². The number of aromatic nitrogens is 4. The molecular weight excluding hydrogens is 346 g/mol. The van der Waals surface area contributed by atoms with Gasteiger partial charge >= 0.3 is 0 Å². The minimum atomic E-state index is 0.503. The maximum absolute atomic E-state index is 4.73. The highest BCUT2D eigenvalue weighted by molar-refractivity contribution is 5.72. The molecule has 2 aromatic heterocycles. The van der Waals surface area contributed by atoms with Crippen molar-refractivity contribution in [1.29, 1.82) is 0 Å². The largest absolute Gasteiger partial charge is 0.364 e. The first-order valence-corrected chi connectivity index (χ1v) is 9.22. The Kier molecular flexibility index (Phi) is 5.06. The van der Waals surface area contributed by atoms with Gasteiger partial charge in [0.15, 0.2) is 5.82 Å². The lowest BCUT2D eigenvalue weighted by molar-refractivity contribution is 0.965. The minimum Gasteiger partial charge on any atom is -0.364 e. The number of nitrogens with one attached hydrogen (secondary N) is 1. The molecule has 0 unspecified atom stereocenters. The lowest BCUT2D eigenvalue weighted by Gasteiger charge is -2.12. The smallest absolute Gasteiger partial charge is 0.202 e. The fourth-order valence-corrected chi connectivity index (χ4v) is 2.94. The van der Waals surface area contributed by atoms with Gasteiger partial charge in [0.25, 0.3) is 0 Å². The molecule has 5 nitrogen and oxygen atoms in total. The summed E-state index contributed by atoms with van der Waals surface area (Å²) < 4.78 is 0. The molecule has 0 bridgehead atoms. The van der Waals surface area contributed by atoms with Crippen LogP contribution in [0, 0.1) is 13.8 Å². The first kappa shape index (κ1) is 17.8. The second-order valence-corrected chi connectivity index (χ2v) is 6.69. The van der Waals surface area contributed by atoms with Crippen molar-refractivity contribution in [3.8, 4) is 22.8 Å². The molecule has 0 spiro atoms. The summed E-state index contributed by atoms with van der Waals surface area (Å²) in [5, 5.41) is 12.2. The molecule has 28 heavy (non-hydrogen) atoms. The van der Waals surface area contributed by atoms with Gasteiger partial charge < -0.3 is 5.32 Å². The van der Waals surface area contributed by atoms with Crippen LogP contribution in [0.15, 0.2) is 72.9 Å². The van der Waals surface area contributed by atoms with E-state index in [9.17, 15) is 0 Å². The summed E-state index contributed by atoms with van der Waals surface area (Å²) >= 11 is 0. The molecule has 4 aromatic rings. The van der Waals surface area contributed by atoms with Crippen LogP contribution in [-0.4, -0.2) is 20.2 Å². The summed E-state index contributed by atoms with van der Waals surface area (Å²) in [4.78, 5) is 9.07. The lowest BCUT2D eigenvalue weighted by Crippen LogP contribution is -2.07. The topological polar surface area (TPSA) is 63.6 Å². The van der Waals surface area contributed by atoms with E-state index in [1.54, 1.807) is 6.20 Å². The Morgan fingerprint density at radius 3 is 2.39 bits per heavy atom. The van der Waals surface area contributed by atoms with Gasteiger partial charge in [-0.05, 0) is 42.7 Å². The molecule has 0 fully saturated rings. The van der Waals surface area contributed by atoms with Crippen molar-refractivity contribution in [2.24, 2.45) is 0 Å². The van der Waals surface area contributed by atoms with E-state index in [1.807, 2.05) is 48.5 Å². The highest BCUT2D eigenvalue weighted by atomic mass is 15.2. The van der Waals surface area contributed by atoms with Crippen molar-refractivity contribution in [2.75, 3.05) is 5.32 Å². The first-order chi connectivity index (χ1) is 13.7. The van der Waals surface area contributed by atoms with Gasteiger partial charge in [-0.25, -0.2) is 4.98 Å². The molecule has 5 heteroatoms. The number of anilines is 1. The standard InChI is InChI=1S/C23H21N5/c1-16-11-12-18(14-17(16)2)15-25-23-21(19-8-4-3-5-9-19)27-28-22(26-23)20-10-6-7-13-24-20/h3-14H,15H2,1-2H3,(H,25,26,28). The third-order valence-electron chi connectivity index (χ3n) is 4.66. The van der Waals surface area contributed by atoms with Crippen molar-refractivity contribution in [3.63, 3.8) is 0 Å². The Morgan fingerprint density at radius 2 is 1.64 bits per heavy atom. The van der Waals surface area contributed by atoms with E-state index in [0.29, 0.717) is 23.9 Å². The van der Waals surface area contributed by atoms with Crippen LogP contribution in [0.2, 0.25) is 0 Å². The van der Waals surface area contributed by atoms with Gasteiger partial charge in [-0.1, -0.05) is 54.6 Å². The van der Waals surface area contributed by atoms with Crippen LogP contribution in [-0.2, 0) is 6.54 Å². The van der Waals surface area contributed by atoms with Crippen molar-refractivity contribution >= 4 is 5.82 Å². The molecule has 0 aliphatic carbocycles. The summed E-state index contributed by atoms with van der Waals surface area (Å²) in [5.41, 5.74) is 6.15. The Balaban J connectivity index is 1.70. The lowest BCUT2D eigenvalue weighted by atomic mass is 10.1. The molecular formula is C23H21N5. The average Bonchev–Trinajstić information content (AvgIpc) is 2.75. The highest BCUT2D eigenvalue weighted by Gasteiger charge is 2.13. The zero-order valence-corrected chi connectivity index (χ0v) is 15.9. The van der Waals surface area contributed by atoms with E-state index in [-0.39, 0.29) is 0 Å². The van der Waals surface area contributed by atoms with Crippen LogP contribution >= 0.6 is 0 Å². The monoisotopic (exact) mass is 367 g/mol. The van der Waals surface area contributed by atoms with Crippen LogP contribution in [0.3, 0.4) is 0 Å². The SMILES string of the molecule is Cc1ccc(CNc2nc(-c3ccccn3)nnc2-c2ccccc2)cc1C. The number of pyridine rings is 1. The molecule has 0 radical (unpaired) electrons. The first-order valence-electron chi connectivity index (χ1n) is 9.22. The molecule has 4 rings (SSSR count). The van der Waals surface area contributed by atoms with Gasteiger partial charge in [0.05, 0.1) is 0 Å². The van der Waals surface area contributed by atoms with Gasteiger partial charge in [0, 0.05) is 18.3 Å². The van der Waals surface area contributed by atoms with E-state index < -0.39 is 0 Å². The number of benzene rings is 2. The number of nitrogens with zero attached hydrogens (tertiary/aromatic N) is 4. The number of hydrogen-bond acceptors (Lipinski definition) is 5. The van der Waals surface area contributed by atoms with Crippen molar-refractivity contribution in [1.82, 2.24) is 20.2 Å². The third kappa shape index (κ3) is 3.88. The van der Waals surface area contributed by atoms with Crippen LogP contribution in [0.25, 0.3) is 22.8 Å². The Hall–Kier alpha value is -3.60. The minimum absolute atomic E-state index is 0.503. The molecule has 1 N–H and O–H groups in total. The molecule has 0 amide bonds. The number of rotatable bonds is 5. The molecule has 2 aromatic carbocycles. The second-order valence-electron chi connectivity index (χ2n) is 6.69. The Bertz CT molecular complexity index is 1080. The molecule has 2 heterocycles. The summed E-state index contributed by atoms with van der Waals surface area (Å²) in [6.45, 7) is 4.90. The van der Waals surface area contributed by atoms with E-state index >= 15 is 0 Å². The predicted molar refractivity (Wildman–Crippen MR) is 112 cm³/mol. The molecule has 0 saturated heterocycles. The van der Waals surface area contributed by atoms with Crippen LogP contribution in [0.1, 0.15) is 16.7 Å². The van der Waals surface area contributed by atoms with Gasteiger partial charge in [0.2, 0.25) is 5.82 Å². The van der Waals surface area contributed by atoms with Gasteiger partial charge in [0.1, 0.15) is 11.4 Å². The fraction of sp³-hybridized carbons (Fsp3) is 0.130. The predicted octanol–water partition coefficient (Wildman–Crippen LogP) is 4.83. The number of aryl methyl sites for hydroxylation is 2. The van der Waals surface area contributed by atoms with Crippen LogP contribution < -0.4 is 5.32 Å². The molecule has 0 aliphatic rings. The molecule has 138 valence electrons. The summed E-state index contributed by atoms with van der Waals surface area (Å²) in [6, 6.07) is 22.1. The fourth-order valence-electron chi connectivity index (χ4n) is 2.94. The Morgan fingerprint density at radius 1 is 0.821 bits per heavy atom. The Labute approximate surface area is 164 Å². The maximum Gasteiger partial charge on any atom is 0.202 e. The van der Waals surface area contributed by atoms with Crippen molar-refractivity contribution in [3.05, 3.63) is 89.6 Å². The van der Waals surface area contributed by atoms with E-state index in [0.717, 1.165) is 11.3 Å². The van der Waals surface area contributed by atoms with E-state index in [2.05, 4.69) is 52.5 Å². The molecule has 0 aliphatic heterocycles. The van der Waals surface area contributed by atoms with Crippen molar-refractivity contribution < 1.29 is 0 Å². The highest BCUT2D eigenvalue weighted by Crippen LogP contribution is 2.25. The van der Waals surface area contributed by atoms with E-state index in [1.165, 1.54) is 16.7 Å². The zero-order chi connectivity index (χ0) is 19.3. The summed E-state index contributed by atoms with van der Waals surface area (Å²) in [5.74, 6) is 1.20. The van der Waals surface area contributed by atoms with Gasteiger partial charge in [-0.2, -0.15) is 0 Å². The normalized spacial score (nSPS) is 10.6. The number of hydrogen-bond donors (Lipinski definition) is 1. The third-order valence-corrected chi connectivity index (χ3v) is 4.66. The summed E-state index contributed by atoms with van der Waals surface area (Å²) in [7, 11) is 0. The van der Waals surface area contributed by atoms with Crippen LogP contribution in [0.4, 0.5) is 5.82 Å². The second kappa shape index (κ2) is 7.96. The zero-order valence-electron chi connectivity index (χ0n) is 15.9. The maximum atomic E-state index is 4.73. The van der Waals surface area contributed by atoms with Crippen LogP contribution in [0.5, 0.6) is 0 Å².